The third-order valence-corrected chi connectivity index (χ3v) is 5.04. The Morgan fingerprint density at radius 1 is 0.943 bits per heavy atom. The molecule has 1 aliphatic rings. The summed E-state index contributed by atoms with van der Waals surface area (Å²) in [6.45, 7) is 0.742. The van der Waals surface area contributed by atoms with Gasteiger partial charge in [0, 0.05) is 37.4 Å². The molecule has 0 aliphatic carbocycles. The molecule has 190 valence electrons. The Bertz CT molecular complexity index is 965. The predicted octanol–water partition coefficient (Wildman–Crippen LogP) is -1.01. The molecule has 0 radical (unpaired) electrons. The number of aliphatic carboxylic acids is 2. The number of carboxylic acid groups (broad SMARTS) is 2. The number of ketones is 1. The number of esters is 2. The number of carbonyl (C=O) groups excluding carboxylic acids is 4. The number of nitrogens with zero attached hydrogens (tertiary/aromatic N) is 3. The highest BCUT2D eigenvalue weighted by molar-refractivity contribution is 5.97. The molecule has 1 aromatic rings. The van der Waals surface area contributed by atoms with Gasteiger partial charge in [-0.05, 0) is 19.1 Å². The third-order valence-electron chi connectivity index (χ3n) is 5.04. The number of morpholine rings is 1. The fraction of sp³-hybridized carbons (Fsp3) is 0.455. The average molecular weight is 492 g/mol. The lowest BCUT2D eigenvalue weighted by molar-refractivity contribution is -0.167. The van der Waals surface area contributed by atoms with Crippen LogP contribution >= 0.6 is 0 Å². The molecule has 0 unspecified atom stereocenters. The van der Waals surface area contributed by atoms with E-state index in [1.165, 1.54) is 27.7 Å². The van der Waals surface area contributed by atoms with E-state index in [1.807, 2.05) is 0 Å². The first-order valence-corrected chi connectivity index (χ1v) is 10.8. The Labute approximate surface area is 201 Å². The van der Waals surface area contributed by atoms with Crippen molar-refractivity contribution >= 4 is 41.3 Å². The Kier molecular flexibility index (Phi) is 10.5. The third kappa shape index (κ3) is 10.4. The van der Waals surface area contributed by atoms with Crippen LogP contribution in [0.1, 0.15) is 17.3 Å². The molecule has 1 saturated heterocycles. The standard InChI is InChI=1S/C22H28N4O9/c1-15(27)16-3-2-4-17(9-16)23-18(28)10-25(12-20(31)32)7-5-24(11-19(29)30)6-8-26-13-21(33)35-22(34)14-26/h2-4,9H,5-8,10-14H2,1H3,(H,23,28)(H,29,30)(H,31,32). The SMILES string of the molecule is CC(=O)c1cccc(NC(=O)CN(CCN(CCN2CC(=O)OC(=O)C2)CC(=O)O)CC(=O)O)c1. The number of carboxylic acids is 2. The molecule has 13 nitrogen and oxygen atoms in total. The molecule has 2 rings (SSSR count). The highest BCUT2D eigenvalue weighted by Gasteiger charge is 2.25. The molecule has 13 heteroatoms. The van der Waals surface area contributed by atoms with Gasteiger partial charge in [-0.25, -0.2) is 0 Å². The Morgan fingerprint density at radius 3 is 2.14 bits per heavy atom. The van der Waals surface area contributed by atoms with Crippen LogP contribution in [-0.2, 0) is 28.7 Å². The summed E-state index contributed by atoms with van der Waals surface area (Å²) in [5, 5.41) is 21.0. The fourth-order valence-corrected chi connectivity index (χ4v) is 3.42. The van der Waals surface area contributed by atoms with Gasteiger partial charge in [0.05, 0.1) is 32.7 Å². The van der Waals surface area contributed by atoms with Gasteiger partial charge in [-0.2, -0.15) is 0 Å². The molecular weight excluding hydrogens is 464 g/mol. The summed E-state index contributed by atoms with van der Waals surface area (Å²) in [5.74, 6) is -4.30. The maximum absolute atomic E-state index is 12.5. The number of carbonyl (C=O) groups is 6. The van der Waals surface area contributed by atoms with E-state index >= 15 is 0 Å². The largest absolute Gasteiger partial charge is 0.480 e. The first-order valence-electron chi connectivity index (χ1n) is 10.8. The second-order valence-corrected chi connectivity index (χ2v) is 8.02. The number of anilines is 1. The zero-order valence-electron chi connectivity index (χ0n) is 19.3. The molecule has 0 spiro atoms. The lowest BCUT2D eigenvalue weighted by atomic mass is 10.1. The number of rotatable bonds is 14. The van der Waals surface area contributed by atoms with Crippen LogP contribution in [0, 0.1) is 0 Å². The van der Waals surface area contributed by atoms with E-state index in [0.29, 0.717) is 11.3 Å². The number of Topliss-reactive ketones (excluding diaryl/α,β-unsaturated/α-hetero) is 1. The second kappa shape index (κ2) is 13.3. The fourth-order valence-electron chi connectivity index (χ4n) is 3.42. The minimum absolute atomic E-state index is 0.0709. The van der Waals surface area contributed by atoms with E-state index in [4.69, 9.17) is 0 Å². The van der Waals surface area contributed by atoms with E-state index < -0.39 is 36.3 Å². The highest BCUT2D eigenvalue weighted by Crippen LogP contribution is 2.11. The summed E-state index contributed by atoms with van der Waals surface area (Å²) >= 11 is 0. The first-order chi connectivity index (χ1) is 16.5. The monoisotopic (exact) mass is 492 g/mol. The summed E-state index contributed by atoms with van der Waals surface area (Å²) in [7, 11) is 0. The number of ether oxygens (including phenoxy) is 1. The highest BCUT2D eigenvalue weighted by atomic mass is 16.6. The number of hydrogen-bond donors (Lipinski definition) is 3. The maximum Gasteiger partial charge on any atom is 0.327 e. The van der Waals surface area contributed by atoms with E-state index in [1.54, 1.807) is 18.2 Å². The molecule has 0 aromatic heterocycles. The van der Waals surface area contributed by atoms with Gasteiger partial charge in [-0.1, -0.05) is 12.1 Å². The second-order valence-electron chi connectivity index (χ2n) is 8.02. The van der Waals surface area contributed by atoms with Crippen molar-refractivity contribution in [2.45, 2.75) is 6.92 Å². The number of nitrogens with one attached hydrogen (secondary N) is 1. The van der Waals surface area contributed by atoms with Crippen molar-refractivity contribution in [3.05, 3.63) is 29.8 Å². The smallest absolute Gasteiger partial charge is 0.327 e. The van der Waals surface area contributed by atoms with Crippen LogP contribution in [0.2, 0.25) is 0 Å². The number of benzene rings is 1. The van der Waals surface area contributed by atoms with Crippen molar-refractivity contribution in [2.24, 2.45) is 0 Å². The van der Waals surface area contributed by atoms with E-state index in [9.17, 15) is 39.0 Å². The Morgan fingerprint density at radius 2 is 1.54 bits per heavy atom. The molecule has 1 aromatic carbocycles. The predicted molar refractivity (Wildman–Crippen MR) is 121 cm³/mol. The van der Waals surface area contributed by atoms with Crippen molar-refractivity contribution in [3.8, 4) is 0 Å². The molecule has 1 aliphatic heterocycles. The number of cyclic esters (lactones) is 2. The van der Waals surface area contributed by atoms with Crippen LogP contribution < -0.4 is 5.32 Å². The van der Waals surface area contributed by atoms with Gasteiger partial charge in [0.25, 0.3) is 0 Å². The molecule has 35 heavy (non-hydrogen) atoms. The summed E-state index contributed by atoms with van der Waals surface area (Å²) in [6.07, 6.45) is 0. The van der Waals surface area contributed by atoms with Crippen LogP contribution in [0.3, 0.4) is 0 Å². The maximum atomic E-state index is 12.5. The lowest BCUT2D eigenvalue weighted by Crippen LogP contribution is -2.48. The van der Waals surface area contributed by atoms with Crippen molar-refractivity contribution in [2.75, 3.05) is 64.2 Å². The minimum Gasteiger partial charge on any atom is -0.480 e. The van der Waals surface area contributed by atoms with Gasteiger partial charge in [-0.15, -0.1) is 0 Å². The van der Waals surface area contributed by atoms with Crippen molar-refractivity contribution in [1.29, 1.82) is 0 Å². The van der Waals surface area contributed by atoms with Crippen molar-refractivity contribution in [1.82, 2.24) is 14.7 Å². The summed E-state index contributed by atoms with van der Waals surface area (Å²) in [5.41, 5.74) is 0.804. The first kappa shape index (κ1) is 27.6. The topological polar surface area (TPSA) is 174 Å². The van der Waals surface area contributed by atoms with Gasteiger partial charge >= 0.3 is 23.9 Å². The van der Waals surface area contributed by atoms with Crippen LogP contribution in [0.25, 0.3) is 0 Å². The molecule has 3 N–H and O–H groups in total. The molecule has 0 bridgehead atoms. The zero-order valence-corrected chi connectivity index (χ0v) is 19.3. The van der Waals surface area contributed by atoms with Crippen molar-refractivity contribution in [3.63, 3.8) is 0 Å². The summed E-state index contributed by atoms with van der Waals surface area (Å²) in [4.78, 5) is 73.8. The summed E-state index contributed by atoms with van der Waals surface area (Å²) in [6, 6.07) is 6.33. The van der Waals surface area contributed by atoms with Gasteiger partial charge in [0.2, 0.25) is 5.91 Å². The lowest BCUT2D eigenvalue weighted by Gasteiger charge is -2.29. The van der Waals surface area contributed by atoms with E-state index in [-0.39, 0.29) is 58.1 Å². The number of amides is 1. The zero-order chi connectivity index (χ0) is 26.0. The number of hydrogen-bond acceptors (Lipinski definition) is 10. The minimum atomic E-state index is -1.16. The molecule has 0 atom stereocenters. The van der Waals surface area contributed by atoms with E-state index in [2.05, 4.69) is 10.1 Å². The Balaban J connectivity index is 1.95. The van der Waals surface area contributed by atoms with Gasteiger partial charge in [0.15, 0.2) is 5.78 Å². The van der Waals surface area contributed by atoms with Crippen LogP contribution in [0.4, 0.5) is 5.69 Å². The normalized spacial score (nSPS) is 14.1. The average Bonchev–Trinajstić information content (AvgIpc) is 2.74. The molecule has 1 amide bonds. The quantitative estimate of drug-likeness (QED) is 0.164. The molecule has 0 saturated carbocycles. The van der Waals surface area contributed by atoms with Crippen LogP contribution in [0.15, 0.2) is 24.3 Å². The van der Waals surface area contributed by atoms with Crippen molar-refractivity contribution < 1.29 is 43.7 Å². The molecular formula is C22H28N4O9. The van der Waals surface area contributed by atoms with Gasteiger partial charge in [-0.3, -0.25) is 43.5 Å². The van der Waals surface area contributed by atoms with Gasteiger partial charge < -0.3 is 20.3 Å². The van der Waals surface area contributed by atoms with Gasteiger partial charge in [0.1, 0.15) is 0 Å². The molecule has 1 fully saturated rings. The van der Waals surface area contributed by atoms with E-state index in [0.717, 1.165) is 0 Å². The summed E-state index contributed by atoms with van der Waals surface area (Å²) < 4.78 is 4.46. The van der Waals surface area contributed by atoms with Crippen LogP contribution in [0.5, 0.6) is 0 Å². The Hall–Kier alpha value is -3.68. The van der Waals surface area contributed by atoms with Crippen LogP contribution in [-0.4, -0.2) is 119 Å². The molecule has 1 heterocycles.